The normalized spacial score (nSPS) is 10.0. The zero-order chi connectivity index (χ0) is 9.68. The summed E-state index contributed by atoms with van der Waals surface area (Å²) >= 11 is 5.15. The van der Waals surface area contributed by atoms with E-state index in [4.69, 9.17) is 10.5 Å². The lowest BCUT2D eigenvalue weighted by molar-refractivity contribution is 0.342. The first-order valence-electron chi connectivity index (χ1n) is 3.91. The molecule has 0 radical (unpaired) electrons. The molecular weight excluding hydrogens is 250 g/mol. The van der Waals surface area contributed by atoms with Crippen LogP contribution < -0.4 is 10.5 Å². The number of anilines is 1. The van der Waals surface area contributed by atoms with Gasteiger partial charge in [0.2, 0.25) is 0 Å². The molecule has 1 aromatic rings. The molecule has 0 aliphatic carbocycles. The average molecular weight is 262 g/mol. The Morgan fingerprint density at radius 2 is 2.31 bits per heavy atom. The minimum Gasteiger partial charge on any atom is -0.491 e. The molecule has 0 aromatic heterocycles. The molecule has 0 unspecified atom stereocenters. The summed E-state index contributed by atoms with van der Waals surface area (Å²) in [7, 11) is 0. The van der Waals surface area contributed by atoms with Gasteiger partial charge in [-0.15, -0.1) is 0 Å². The highest BCUT2D eigenvalue weighted by Crippen LogP contribution is 2.26. The van der Waals surface area contributed by atoms with Gasteiger partial charge in [0, 0.05) is 17.5 Å². The van der Waals surface area contributed by atoms with Crippen LogP contribution in [-0.4, -0.2) is 18.6 Å². The Kier molecular flexibility index (Phi) is 4.45. The van der Waals surface area contributed by atoms with Crippen LogP contribution in [0.1, 0.15) is 0 Å². The molecule has 0 aliphatic heterocycles. The number of ether oxygens (including phenoxy) is 1. The summed E-state index contributed by atoms with van der Waals surface area (Å²) in [5, 5.41) is 0. The highest BCUT2D eigenvalue weighted by Gasteiger charge is 2.00. The number of nitrogens with two attached hydrogens (primary N) is 1. The predicted molar refractivity (Wildman–Crippen MR) is 62.4 cm³/mol. The van der Waals surface area contributed by atoms with Crippen molar-refractivity contribution in [2.75, 3.05) is 24.3 Å². The van der Waals surface area contributed by atoms with E-state index < -0.39 is 0 Å². The van der Waals surface area contributed by atoms with Crippen LogP contribution in [-0.2, 0) is 0 Å². The Labute approximate surface area is 91.0 Å². The van der Waals surface area contributed by atoms with Crippen molar-refractivity contribution < 1.29 is 4.74 Å². The Hall–Kier alpha value is -0.350. The zero-order valence-electron chi connectivity index (χ0n) is 7.42. The van der Waals surface area contributed by atoms with Crippen molar-refractivity contribution in [3.8, 4) is 5.75 Å². The smallest absolute Gasteiger partial charge is 0.135 e. The van der Waals surface area contributed by atoms with Crippen LogP contribution in [0.25, 0.3) is 0 Å². The third-order valence-electron chi connectivity index (χ3n) is 1.50. The fourth-order valence-corrected chi connectivity index (χ4v) is 1.48. The predicted octanol–water partition coefficient (Wildman–Crippen LogP) is 2.77. The van der Waals surface area contributed by atoms with Crippen LogP contribution in [0, 0.1) is 0 Å². The highest BCUT2D eigenvalue weighted by atomic mass is 79.9. The second kappa shape index (κ2) is 5.40. The van der Waals surface area contributed by atoms with Gasteiger partial charge in [-0.1, -0.05) is 0 Å². The monoisotopic (exact) mass is 261 g/mol. The highest BCUT2D eigenvalue weighted by molar-refractivity contribution is 9.10. The SMILES string of the molecule is CSCCOc1cc(N)ccc1Br. The molecule has 0 fully saturated rings. The number of benzene rings is 1. The first kappa shape index (κ1) is 10.7. The van der Waals surface area contributed by atoms with Gasteiger partial charge in [-0.25, -0.2) is 0 Å². The third-order valence-corrected chi connectivity index (χ3v) is 2.73. The van der Waals surface area contributed by atoms with Crippen molar-refractivity contribution in [3.63, 3.8) is 0 Å². The molecule has 4 heteroatoms. The number of hydrogen-bond donors (Lipinski definition) is 1. The summed E-state index contributed by atoms with van der Waals surface area (Å²) in [6.07, 6.45) is 2.05. The van der Waals surface area contributed by atoms with E-state index in [9.17, 15) is 0 Å². The summed E-state index contributed by atoms with van der Waals surface area (Å²) in [5.41, 5.74) is 6.35. The molecule has 0 saturated heterocycles. The minimum absolute atomic E-state index is 0.712. The lowest BCUT2D eigenvalue weighted by Crippen LogP contribution is -2.00. The molecule has 0 heterocycles. The van der Waals surface area contributed by atoms with E-state index in [1.807, 2.05) is 18.2 Å². The Bertz CT molecular complexity index is 280. The molecular formula is C9H12BrNOS. The molecule has 1 rings (SSSR count). The molecule has 0 aliphatic rings. The van der Waals surface area contributed by atoms with E-state index in [2.05, 4.69) is 22.2 Å². The van der Waals surface area contributed by atoms with E-state index >= 15 is 0 Å². The molecule has 0 amide bonds. The number of halogens is 1. The summed E-state index contributed by atoms with van der Waals surface area (Å²) < 4.78 is 6.46. The van der Waals surface area contributed by atoms with Gasteiger partial charge in [-0.05, 0) is 34.3 Å². The van der Waals surface area contributed by atoms with E-state index in [0.717, 1.165) is 21.7 Å². The van der Waals surface area contributed by atoms with Crippen molar-refractivity contribution >= 4 is 33.4 Å². The van der Waals surface area contributed by atoms with Crippen LogP contribution in [0.5, 0.6) is 5.75 Å². The van der Waals surface area contributed by atoms with Gasteiger partial charge in [0.05, 0.1) is 11.1 Å². The van der Waals surface area contributed by atoms with Gasteiger partial charge in [0.15, 0.2) is 0 Å². The van der Waals surface area contributed by atoms with Gasteiger partial charge in [-0.3, -0.25) is 0 Å². The number of thioether (sulfide) groups is 1. The Morgan fingerprint density at radius 1 is 1.54 bits per heavy atom. The summed E-state index contributed by atoms with van der Waals surface area (Å²) in [4.78, 5) is 0. The van der Waals surface area contributed by atoms with Crippen molar-refractivity contribution in [3.05, 3.63) is 22.7 Å². The summed E-state index contributed by atoms with van der Waals surface area (Å²) in [6, 6.07) is 5.56. The first-order valence-corrected chi connectivity index (χ1v) is 6.09. The molecule has 13 heavy (non-hydrogen) atoms. The quantitative estimate of drug-likeness (QED) is 0.669. The van der Waals surface area contributed by atoms with E-state index in [1.165, 1.54) is 0 Å². The van der Waals surface area contributed by atoms with Crippen LogP contribution in [0.2, 0.25) is 0 Å². The standard InChI is InChI=1S/C9H12BrNOS/c1-13-5-4-12-9-6-7(11)2-3-8(9)10/h2-3,6H,4-5,11H2,1H3. The molecule has 0 spiro atoms. The lowest BCUT2D eigenvalue weighted by atomic mass is 10.3. The van der Waals surface area contributed by atoms with Crippen LogP contribution in [0.4, 0.5) is 5.69 Å². The zero-order valence-corrected chi connectivity index (χ0v) is 9.82. The maximum absolute atomic E-state index is 5.63. The maximum Gasteiger partial charge on any atom is 0.135 e. The number of hydrogen-bond acceptors (Lipinski definition) is 3. The van der Waals surface area contributed by atoms with Crippen molar-refractivity contribution in [2.24, 2.45) is 0 Å². The van der Waals surface area contributed by atoms with E-state index in [1.54, 1.807) is 11.8 Å². The van der Waals surface area contributed by atoms with Crippen LogP contribution in [0.15, 0.2) is 22.7 Å². The molecule has 72 valence electrons. The Balaban J connectivity index is 2.59. The Morgan fingerprint density at radius 3 is 3.00 bits per heavy atom. The maximum atomic E-state index is 5.63. The molecule has 1 aromatic carbocycles. The van der Waals surface area contributed by atoms with Gasteiger partial charge < -0.3 is 10.5 Å². The number of nitrogen functional groups attached to an aromatic ring is 1. The largest absolute Gasteiger partial charge is 0.491 e. The minimum atomic E-state index is 0.712. The van der Waals surface area contributed by atoms with Gasteiger partial charge in [0.25, 0.3) is 0 Å². The first-order chi connectivity index (χ1) is 6.24. The molecule has 2 N–H and O–H groups in total. The van der Waals surface area contributed by atoms with E-state index in [0.29, 0.717) is 6.61 Å². The van der Waals surface area contributed by atoms with Gasteiger partial charge in [0.1, 0.15) is 5.75 Å². The second-order valence-electron chi connectivity index (χ2n) is 2.53. The summed E-state index contributed by atoms with van der Waals surface area (Å²) in [5.74, 6) is 1.80. The van der Waals surface area contributed by atoms with E-state index in [-0.39, 0.29) is 0 Å². The van der Waals surface area contributed by atoms with Crippen molar-refractivity contribution in [2.45, 2.75) is 0 Å². The van der Waals surface area contributed by atoms with Crippen LogP contribution >= 0.6 is 27.7 Å². The fourth-order valence-electron chi connectivity index (χ4n) is 0.866. The fraction of sp³-hybridized carbons (Fsp3) is 0.333. The number of rotatable bonds is 4. The molecule has 0 bridgehead atoms. The van der Waals surface area contributed by atoms with Crippen LogP contribution in [0.3, 0.4) is 0 Å². The van der Waals surface area contributed by atoms with Crippen molar-refractivity contribution in [1.29, 1.82) is 0 Å². The van der Waals surface area contributed by atoms with Gasteiger partial charge in [-0.2, -0.15) is 11.8 Å². The molecule has 0 atom stereocenters. The molecule has 0 saturated carbocycles. The van der Waals surface area contributed by atoms with Crippen molar-refractivity contribution in [1.82, 2.24) is 0 Å². The summed E-state index contributed by atoms with van der Waals surface area (Å²) in [6.45, 7) is 0.712. The molecule has 2 nitrogen and oxygen atoms in total. The third kappa shape index (κ3) is 3.48. The topological polar surface area (TPSA) is 35.2 Å². The second-order valence-corrected chi connectivity index (χ2v) is 4.37. The average Bonchev–Trinajstić information content (AvgIpc) is 2.11. The van der Waals surface area contributed by atoms with Gasteiger partial charge >= 0.3 is 0 Å². The lowest BCUT2D eigenvalue weighted by Gasteiger charge is -2.07.